The minimum atomic E-state index is -2.92. The normalized spacial score (nSPS) is 11.5. The third-order valence-corrected chi connectivity index (χ3v) is 3.87. The lowest BCUT2D eigenvalue weighted by atomic mass is 10.2. The number of halogens is 4. The number of guanidine groups is 1. The Morgan fingerprint density at radius 1 is 1.28 bits per heavy atom. The van der Waals surface area contributed by atoms with Crippen LogP contribution in [0, 0.1) is 0 Å². The van der Waals surface area contributed by atoms with Crippen molar-refractivity contribution >= 4 is 39.2 Å². The first-order valence-corrected chi connectivity index (χ1v) is 8.20. The van der Waals surface area contributed by atoms with Crippen LogP contribution in [0.25, 0.3) is 0 Å². The van der Waals surface area contributed by atoms with Gasteiger partial charge in [-0.25, -0.2) is 4.99 Å². The summed E-state index contributed by atoms with van der Waals surface area (Å²) in [6.45, 7) is -2.86. The number of hydrogen-bond donors (Lipinski definition) is 2. The Bertz CT molecular complexity index is 775. The van der Waals surface area contributed by atoms with Crippen molar-refractivity contribution in [3.05, 3.63) is 51.5 Å². The third-order valence-electron chi connectivity index (χ3n) is 3.08. The molecule has 0 aliphatic carbocycles. The number of alkyl halides is 2. The van der Waals surface area contributed by atoms with Crippen molar-refractivity contribution in [3.8, 4) is 11.5 Å². The first-order valence-electron chi connectivity index (χ1n) is 7.02. The van der Waals surface area contributed by atoms with Crippen molar-refractivity contribution in [2.24, 2.45) is 10.7 Å². The van der Waals surface area contributed by atoms with Crippen LogP contribution in [-0.4, -0.2) is 19.7 Å². The van der Waals surface area contributed by atoms with Gasteiger partial charge in [0.2, 0.25) is 0 Å². The first kappa shape index (κ1) is 19.3. The SMILES string of the molecule is COc1ccc(NC(N)=NCc2cc(Br)ccc2OC(F)F)cc1Cl. The van der Waals surface area contributed by atoms with Gasteiger partial charge in [0.1, 0.15) is 11.5 Å². The van der Waals surface area contributed by atoms with Crippen molar-refractivity contribution in [1.82, 2.24) is 0 Å². The lowest BCUT2D eigenvalue weighted by molar-refractivity contribution is -0.0504. The molecule has 0 aliphatic rings. The van der Waals surface area contributed by atoms with Crippen LogP contribution >= 0.6 is 27.5 Å². The minimum absolute atomic E-state index is 0.0437. The second-order valence-electron chi connectivity index (χ2n) is 4.81. The molecule has 9 heteroatoms. The molecule has 0 aliphatic heterocycles. The monoisotopic (exact) mass is 433 g/mol. The molecule has 0 bridgehead atoms. The zero-order valence-corrected chi connectivity index (χ0v) is 15.4. The van der Waals surface area contributed by atoms with Gasteiger partial charge in [-0.15, -0.1) is 0 Å². The molecule has 2 aromatic rings. The summed E-state index contributed by atoms with van der Waals surface area (Å²) in [7, 11) is 1.52. The van der Waals surface area contributed by atoms with Gasteiger partial charge in [-0.3, -0.25) is 0 Å². The number of ether oxygens (including phenoxy) is 2. The lowest BCUT2D eigenvalue weighted by Crippen LogP contribution is -2.22. The van der Waals surface area contributed by atoms with Crippen LogP contribution in [0.5, 0.6) is 11.5 Å². The van der Waals surface area contributed by atoms with Crippen molar-refractivity contribution < 1.29 is 18.3 Å². The summed E-state index contributed by atoms with van der Waals surface area (Å²) in [5, 5.41) is 3.28. The zero-order valence-electron chi connectivity index (χ0n) is 13.1. The number of nitrogens with one attached hydrogen (secondary N) is 1. The molecule has 0 aromatic heterocycles. The number of hydrogen-bond acceptors (Lipinski definition) is 3. The fourth-order valence-electron chi connectivity index (χ4n) is 1.98. The average molecular weight is 435 g/mol. The Hall–Kier alpha value is -2.06. The van der Waals surface area contributed by atoms with Crippen LogP contribution in [0.4, 0.5) is 14.5 Å². The Morgan fingerprint density at radius 2 is 2.00 bits per heavy atom. The number of methoxy groups -OCH3 is 1. The molecule has 0 atom stereocenters. The second kappa shape index (κ2) is 8.87. The fraction of sp³-hybridized carbons (Fsp3) is 0.188. The standard InChI is InChI=1S/C16H15BrClF2N3O2/c1-24-14-5-3-11(7-12(14)18)23-16(21)22-8-9-6-10(17)2-4-13(9)25-15(19)20/h2-7,15H,8H2,1H3,(H3,21,22,23). The van der Waals surface area contributed by atoms with Gasteiger partial charge in [0.05, 0.1) is 18.7 Å². The molecule has 0 spiro atoms. The Kier molecular flexibility index (Phi) is 6.83. The highest BCUT2D eigenvalue weighted by atomic mass is 79.9. The highest BCUT2D eigenvalue weighted by Crippen LogP contribution is 2.27. The summed E-state index contributed by atoms with van der Waals surface area (Å²) in [5.74, 6) is 0.678. The number of nitrogens with zero attached hydrogens (tertiary/aromatic N) is 1. The summed E-state index contributed by atoms with van der Waals surface area (Å²) in [6, 6.07) is 9.71. The van der Waals surface area contributed by atoms with Crippen LogP contribution in [-0.2, 0) is 6.54 Å². The van der Waals surface area contributed by atoms with Crippen LogP contribution in [0.3, 0.4) is 0 Å². The summed E-state index contributed by atoms with van der Waals surface area (Å²) >= 11 is 9.31. The molecule has 134 valence electrons. The molecule has 0 radical (unpaired) electrons. The number of nitrogens with two attached hydrogens (primary N) is 1. The Balaban J connectivity index is 2.10. The van der Waals surface area contributed by atoms with Gasteiger partial charge in [0.25, 0.3) is 0 Å². The Morgan fingerprint density at radius 3 is 2.64 bits per heavy atom. The van der Waals surface area contributed by atoms with E-state index < -0.39 is 6.61 Å². The molecule has 2 rings (SSSR count). The second-order valence-corrected chi connectivity index (χ2v) is 6.13. The summed E-state index contributed by atoms with van der Waals surface area (Å²) in [4.78, 5) is 4.13. The first-order chi connectivity index (χ1) is 11.9. The zero-order chi connectivity index (χ0) is 18.4. The molecular formula is C16H15BrClF2N3O2. The maximum absolute atomic E-state index is 12.5. The smallest absolute Gasteiger partial charge is 0.387 e. The van der Waals surface area contributed by atoms with E-state index in [9.17, 15) is 8.78 Å². The van der Waals surface area contributed by atoms with E-state index in [0.717, 1.165) is 0 Å². The largest absolute Gasteiger partial charge is 0.495 e. The van der Waals surface area contributed by atoms with Crippen LogP contribution in [0.2, 0.25) is 5.02 Å². The average Bonchev–Trinajstić information content (AvgIpc) is 2.55. The van der Waals surface area contributed by atoms with Gasteiger partial charge < -0.3 is 20.5 Å². The molecule has 0 saturated carbocycles. The highest BCUT2D eigenvalue weighted by Gasteiger charge is 2.10. The summed E-state index contributed by atoms with van der Waals surface area (Å²) in [6.07, 6.45) is 0. The van der Waals surface area contributed by atoms with Gasteiger partial charge in [-0.1, -0.05) is 27.5 Å². The van der Waals surface area contributed by atoms with E-state index in [0.29, 0.717) is 26.5 Å². The maximum Gasteiger partial charge on any atom is 0.387 e. The molecule has 0 unspecified atom stereocenters. The van der Waals surface area contributed by atoms with Crippen LogP contribution < -0.4 is 20.5 Å². The molecule has 25 heavy (non-hydrogen) atoms. The van der Waals surface area contributed by atoms with Gasteiger partial charge in [-0.2, -0.15) is 8.78 Å². The van der Waals surface area contributed by atoms with Gasteiger partial charge in [-0.05, 0) is 36.4 Å². The molecule has 0 fully saturated rings. The summed E-state index contributed by atoms with van der Waals surface area (Å²) < 4.78 is 35.2. The maximum atomic E-state index is 12.5. The minimum Gasteiger partial charge on any atom is -0.495 e. The molecular weight excluding hydrogens is 420 g/mol. The molecule has 5 nitrogen and oxygen atoms in total. The van der Waals surface area contributed by atoms with Gasteiger partial charge in [0.15, 0.2) is 5.96 Å². The molecule has 0 heterocycles. The highest BCUT2D eigenvalue weighted by molar-refractivity contribution is 9.10. The van der Waals surface area contributed by atoms with E-state index in [1.165, 1.54) is 13.2 Å². The van der Waals surface area contributed by atoms with Crippen molar-refractivity contribution in [1.29, 1.82) is 0 Å². The predicted molar refractivity (Wildman–Crippen MR) is 97.7 cm³/mol. The Labute approximate surface area is 156 Å². The van der Waals surface area contributed by atoms with E-state index in [4.69, 9.17) is 22.1 Å². The number of rotatable bonds is 6. The molecule has 3 N–H and O–H groups in total. The fourth-order valence-corrected chi connectivity index (χ4v) is 2.65. The van der Waals surface area contributed by atoms with E-state index in [1.807, 2.05) is 0 Å². The third kappa shape index (κ3) is 5.75. The number of anilines is 1. The van der Waals surface area contributed by atoms with E-state index in [2.05, 4.69) is 31.0 Å². The number of benzene rings is 2. The van der Waals surface area contributed by atoms with Crippen LogP contribution in [0.1, 0.15) is 5.56 Å². The quantitative estimate of drug-likeness (QED) is 0.513. The van der Waals surface area contributed by atoms with Crippen molar-refractivity contribution in [3.63, 3.8) is 0 Å². The number of aliphatic imine (C=N–C) groups is 1. The molecule has 0 saturated heterocycles. The topological polar surface area (TPSA) is 68.9 Å². The van der Waals surface area contributed by atoms with E-state index in [1.54, 1.807) is 30.3 Å². The van der Waals surface area contributed by atoms with Gasteiger partial charge >= 0.3 is 6.61 Å². The lowest BCUT2D eigenvalue weighted by Gasteiger charge is -2.11. The van der Waals surface area contributed by atoms with E-state index in [-0.39, 0.29) is 18.3 Å². The molecule has 0 amide bonds. The van der Waals surface area contributed by atoms with E-state index >= 15 is 0 Å². The molecule has 2 aromatic carbocycles. The summed E-state index contributed by atoms with van der Waals surface area (Å²) in [5.41, 5.74) is 6.91. The van der Waals surface area contributed by atoms with Gasteiger partial charge in [0, 0.05) is 15.7 Å². The predicted octanol–water partition coefficient (Wildman–Crippen LogP) is 4.64. The van der Waals surface area contributed by atoms with Crippen molar-refractivity contribution in [2.75, 3.05) is 12.4 Å². The van der Waals surface area contributed by atoms with Crippen LogP contribution in [0.15, 0.2) is 45.9 Å². The van der Waals surface area contributed by atoms with Crippen molar-refractivity contribution in [2.45, 2.75) is 13.2 Å².